The van der Waals surface area contributed by atoms with Gasteiger partial charge in [0.15, 0.2) is 0 Å². The van der Waals surface area contributed by atoms with E-state index in [9.17, 15) is 14.9 Å². The van der Waals surface area contributed by atoms with E-state index in [0.717, 1.165) is 0 Å². The number of hydrogen-bond donors (Lipinski definition) is 1. The van der Waals surface area contributed by atoms with Gasteiger partial charge in [-0.1, -0.05) is 11.6 Å². The maximum absolute atomic E-state index is 11.9. The van der Waals surface area contributed by atoms with Crippen LogP contribution in [0.2, 0.25) is 5.15 Å². The maximum Gasteiger partial charge on any atom is 0.271 e. The molecule has 3 aromatic rings. The van der Waals surface area contributed by atoms with Gasteiger partial charge in [0.1, 0.15) is 5.15 Å². The lowest BCUT2D eigenvalue weighted by atomic mass is 10.1. The van der Waals surface area contributed by atoms with Gasteiger partial charge in [0.05, 0.1) is 16.7 Å². The molecule has 1 amide bonds. The number of aromatic nitrogens is 2. The summed E-state index contributed by atoms with van der Waals surface area (Å²) in [6.07, 6.45) is 4.36. The Hall–Kier alpha value is -3.39. The summed E-state index contributed by atoms with van der Waals surface area (Å²) in [4.78, 5) is 30.1. The van der Waals surface area contributed by atoms with Gasteiger partial charge in [0, 0.05) is 41.0 Å². The topological polar surface area (TPSA) is 110 Å². The van der Waals surface area contributed by atoms with Crippen molar-refractivity contribution < 1.29 is 9.72 Å². The molecule has 1 aromatic carbocycles. The Morgan fingerprint density at radius 3 is 2.72 bits per heavy atom. The van der Waals surface area contributed by atoms with Crippen molar-refractivity contribution in [2.24, 2.45) is 5.10 Å². The first-order valence-corrected chi connectivity index (χ1v) is 7.40. The Labute approximate surface area is 146 Å². The third-order valence-electron chi connectivity index (χ3n) is 3.30. The second kappa shape index (κ2) is 7.02. The highest BCUT2D eigenvalue weighted by Crippen LogP contribution is 2.23. The number of non-ortho nitro benzene ring substituents is 1. The molecule has 124 valence electrons. The van der Waals surface area contributed by atoms with Gasteiger partial charge in [0.25, 0.3) is 11.6 Å². The summed E-state index contributed by atoms with van der Waals surface area (Å²) in [6, 6.07) is 9.09. The number of benzene rings is 1. The van der Waals surface area contributed by atoms with Crippen molar-refractivity contribution in [3.05, 3.63) is 75.2 Å². The summed E-state index contributed by atoms with van der Waals surface area (Å²) in [5.74, 6) is -0.390. The monoisotopic (exact) mass is 355 g/mol. The zero-order chi connectivity index (χ0) is 17.8. The van der Waals surface area contributed by atoms with Gasteiger partial charge in [0.2, 0.25) is 0 Å². The lowest BCUT2D eigenvalue weighted by Gasteiger charge is -2.02. The zero-order valence-corrected chi connectivity index (χ0v) is 13.3. The first-order chi connectivity index (χ1) is 12.0. The number of nitro groups is 1. The molecule has 1 N–H and O–H groups in total. The van der Waals surface area contributed by atoms with Gasteiger partial charge in [-0.3, -0.25) is 19.9 Å². The third kappa shape index (κ3) is 3.75. The summed E-state index contributed by atoms with van der Waals surface area (Å²) in [7, 11) is 0. The lowest BCUT2D eigenvalue weighted by molar-refractivity contribution is -0.384. The van der Waals surface area contributed by atoms with Crippen LogP contribution < -0.4 is 5.43 Å². The molecule has 2 aromatic heterocycles. The number of fused-ring (bicyclic) bond motifs is 1. The maximum atomic E-state index is 11.9. The van der Waals surface area contributed by atoms with Crippen LogP contribution in [0.25, 0.3) is 10.9 Å². The standard InChI is InChI=1S/C16H10ClN5O3/c17-15-12(9-19-21-16(23)10-3-5-18-6-4-10)7-11-1-2-13(22(24)25)8-14(11)20-15/h1-9H,(H,21,23)/b19-9-. The Morgan fingerprint density at radius 1 is 1.24 bits per heavy atom. The first-order valence-electron chi connectivity index (χ1n) is 7.03. The zero-order valence-electron chi connectivity index (χ0n) is 12.6. The first kappa shape index (κ1) is 16.5. The number of nitrogens with zero attached hydrogens (tertiary/aromatic N) is 4. The van der Waals surface area contributed by atoms with Crippen LogP contribution in [0.5, 0.6) is 0 Å². The summed E-state index contributed by atoms with van der Waals surface area (Å²) >= 11 is 6.07. The normalized spacial score (nSPS) is 10.9. The SMILES string of the molecule is O=C(N/N=C\c1cc2ccc([N+](=O)[O-])cc2nc1Cl)c1ccncc1. The fourth-order valence-corrected chi connectivity index (χ4v) is 2.28. The van der Waals surface area contributed by atoms with Crippen LogP contribution in [0.1, 0.15) is 15.9 Å². The molecule has 0 saturated heterocycles. The van der Waals surface area contributed by atoms with E-state index in [-0.39, 0.29) is 16.7 Å². The number of nitrogens with one attached hydrogen (secondary N) is 1. The molecule has 3 rings (SSSR count). The minimum absolute atomic E-state index is 0.0675. The minimum Gasteiger partial charge on any atom is -0.267 e. The van der Waals surface area contributed by atoms with Crippen molar-refractivity contribution in [2.75, 3.05) is 0 Å². The quantitative estimate of drug-likeness (QED) is 0.335. The van der Waals surface area contributed by atoms with E-state index in [4.69, 9.17) is 11.6 Å². The molecule has 0 unspecified atom stereocenters. The Morgan fingerprint density at radius 2 is 2.00 bits per heavy atom. The van der Waals surface area contributed by atoms with E-state index in [2.05, 4.69) is 20.5 Å². The fraction of sp³-hybridized carbons (Fsp3) is 0. The number of pyridine rings is 2. The number of rotatable bonds is 4. The number of carbonyl (C=O) groups is 1. The highest BCUT2D eigenvalue weighted by molar-refractivity contribution is 6.32. The Bertz CT molecular complexity index is 992. The highest BCUT2D eigenvalue weighted by Gasteiger charge is 2.09. The molecule has 0 fully saturated rings. The van der Waals surface area contributed by atoms with Crippen LogP contribution in [0.4, 0.5) is 5.69 Å². The summed E-state index contributed by atoms with van der Waals surface area (Å²) in [5, 5.41) is 15.4. The van der Waals surface area contributed by atoms with Crippen LogP contribution in [0.3, 0.4) is 0 Å². The Balaban J connectivity index is 1.81. The Kier molecular flexibility index (Phi) is 4.62. The number of amides is 1. The molecule has 25 heavy (non-hydrogen) atoms. The van der Waals surface area contributed by atoms with E-state index in [1.54, 1.807) is 24.3 Å². The second-order valence-corrected chi connectivity index (χ2v) is 5.30. The van der Waals surface area contributed by atoms with Crippen molar-refractivity contribution in [3.63, 3.8) is 0 Å². The average Bonchev–Trinajstić information content (AvgIpc) is 2.62. The van der Waals surface area contributed by atoms with Crippen molar-refractivity contribution in [1.29, 1.82) is 0 Å². The largest absolute Gasteiger partial charge is 0.271 e. The van der Waals surface area contributed by atoms with Crippen LogP contribution in [0.15, 0.2) is 53.9 Å². The van der Waals surface area contributed by atoms with Crippen molar-refractivity contribution in [1.82, 2.24) is 15.4 Å². The summed E-state index contributed by atoms with van der Waals surface area (Å²) < 4.78 is 0. The number of halogens is 1. The number of hydrogen-bond acceptors (Lipinski definition) is 6. The number of nitro benzene ring substituents is 1. The van der Waals surface area contributed by atoms with Gasteiger partial charge < -0.3 is 0 Å². The van der Waals surface area contributed by atoms with Crippen molar-refractivity contribution in [3.8, 4) is 0 Å². The number of hydrazone groups is 1. The molecule has 0 aliphatic carbocycles. The molecule has 9 heteroatoms. The molecule has 2 heterocycles. The van der Waals surface area contributed by atoms with E-state index < -0.39 is 4.92 Å². The molecule has 0 bridgehead atoms. The molecular formula is C16H10ClN5O3. The van der Waals surface area contributed by atoms with Crippen LogP contribution in [0, 0.1) is 10.1 Å². The second-order valence-electron chi connectivity index (χ2n) is 4.94. The molecule has 8 nitrogen and oxygen atoms in total. The van der Waals surface area contributed by atoms with Gasteiger partial charge in [-0.05, 0) is 24.3 Å². The van der Waals surface area contributed by atoms with E-state index in [1.165, 1.54) is 30.7 Å². The molecule has 0 aliphatic heterocycles. The predicted molar refractivity (Wildman–Crippen MR) is 92.7 cm³/mol. The molecule has 0 atom stereocenters. The smallest absolute Gasteiger partial charge is 0.267 e. The highest BCUT2D eigenvalue weighted by atomic mass is 35.5. The fourth-order valence-electron chi connectivity index (χ4n) is 2.08. The van der Waals surface area contributed by atoms with Crippen LogP contribution in [-0.2, 0) is 0 Å². The molecule has 0 radical (unpaired) electrons. The molecule has 0 aliphatic rings. The van der Waals surface area contributed by atoms with Gasteiger partial charge in [-0.15, -0.1) is 0 Å². The summed E-state index contributed by atoms with van der Waals surface area (Å²) in [5.41, 5.74) is 3.60. The van der Waals surface area contributed by atoms with Gasteiger partial charge in [-0.25, -0.2) is 10.4 Å². The van der Waals surface area contributed by atoms with Gasteiger partial charge >= 0.3 is 0 Å². The number of carbonyl (C=O) groups excluding carboxylic acids is 1. The predicted octanol–water partition coefficient (Wildman–Crippen LogP) is 2.96. The van der Waals surface area contributed by atoms with Gasteiger partial charge in [-0.2, -0.15) is 5.10 Å². The van der Waals surface area contributed by atoms with E-state index in [1.807, 2.05) is 0 Å². The average molecular weight is 356 g/mol. The summed E-state index contributed by atoms with van der Waals surface area (Å²) in [6.45, 7) is 0. The van der Waals surface area contributed by atoms with Crippen LogP contribution in [-0.4, -0.2) is 27.0 Å². The molecular weight excluding hydrogens is 346 g/mol. The van der Waals surface area contributed by atoms with Crippen molar-refractivity contribution >= 4 is 40.3 Å². The van der Waals surface area contributed by atoms with Crippen molar-refractivity contribution in [2.45, 2.75) is 0 Å². The molecule has 0 spiro atoms. The third-order valence-corrected chi connectivity index (χ3v) is 3.61. The van der Waals surface area contributed by atoms with E-state index >= 15 is 0 Å². The molecule has 0 saturated carbocycles. The lowest BCUT2D eigenvalue weighted by Crippen LogP contribution is -2.17. The van der Waals surface area contributed by atoms with Crippen LogP contribution >= 0.6 is 11.6 Å². The minimum atomic E-state index is -0.501. The van der Waals surface area contributed by atoms with E-state index in [0.29, 0.717) is 22.0 Å².